The number of nitrogens with one attached hydrogen (secondary N) is 1. The minimum Gasteiger partial charge on any atom is -0.372 e. The zero-order valence-electron chi connectivity index (χ0n) is 15.5. The molecule has 0 bridgehead atoms. The van der Waals surface area contributed by atoms with Gasteiger partial charge in [-0.2, -0.15) is 0 Å². The first kappa shape index (κ1) is 18.9. The van der Waals surface area contributed by atoms with Gasteiger partial charge >= 0.3 is 0 Å². The lowest BCUT2D eigenvalue weighted by Crippen LogP contribution is -2.36. The van der Waals surface area contributed by atoms with Crippen LogP contribution in [-0.4, -0.2) is 31.4 Å². The highest BCUT2D eigenvalue weighted by Crippen LogP contribution is 2.22. The fraction of sp³-hybridized carbons (Fsp3) is 0.333. The van der Waals surface area contributed by atoms with E-state index >= 15 is 0 Å². The van der Waals surface area contributed by atoms with Crippen molar-refractivity contribution < 1.29 is 14.0 Å². The van der Waals surface area contributed by atoms with Gasteiger partial charge in [0, 0.05) is 37.1 Å². The van der Waals surface area contributed by atoms with E-state index in [1.165, 1.54) is 55.4 Å². The summed E-state index contributed by atoms with van der Waals surface area (Å²) in [7, 11) is 0. The van der Waals surface area contributed by atoms with E-state index in [0.29, 0.717) is 11.4 Å². The molecule has 0 atom stereocenters. The van der Waals surface area contributed by atoms with Gasteiger partial charge in [0.1, 0.15) is 12.4 Å². The number of piperidine rings is 1. The van der Waals surface area contributed by atoms with Gasteiger partial charge in [0.25, 0.3) is 0 Å². The number of hydrogen-bond acceptors (Lipinski definition) is 3. The summed E-state index contributed by atoms with van der Waals surface area (Å²) in [6.45, 7) is 3.38. The Bertz CT molecular complexity index is 784. The van der Waals surface area contributed by atoms with Crippen molar-refractivity contribution >= 4 is 28.9 Å². The van der Waals surface area contributed by atoms with E-state index in [-0.39, 0.29) is 24.2 Å². The molecule has 0 aliphatic carbocycles. The molecular weight excluding hydrogens is 345 g/mol. The van der Waals surface area contributed by atoms with E-state index in [2.05, 4.69) is 10.2 Å². The van der Waals surface area contributed by atoms with Crippen molar-refractivity contribution in [2.24, 2.45) is 0 Å². The zero-order valence-corrected chi connectivity index (χ0v) is 15.5. The molecule has 6 heteroatoms. The maximum absolute atomic E-state index is 13.1. The molecule has 1 aliphatic heterocycles. The molecule has 0 aromatic heterocycles. The first-order valence-electron chi connectivity index (χ1n) is 9.21. The van der Waals surface area contributed by atoms with E-state index in [9.17, 15) is 14.0 Å². The van der Waals surface area contributed by atoms with Crippen LogP contribution in [0.3, 0.4) is 0 Å². The fourth-order valence-corrected chi connectivity index (χ4v) is 3.26. The number of anilines is 3. The number of halogens is 1. The van der Waals surface area contributed by atoms with E-state index in [1.807, 2.05) is 24.3 Å². The van der Waals surface area contributed by atoms with Crippen LogP contribution in [0.4, 0.5) is 21.5 Å². The predicted octanol–water partition coefficient (Wildman–Crippen LogP) is 3.81. The van der Waals surface area contributed by atoms with E-state index < -0.39 is 0 Å². The maximum atomic E-state index is 13.1. The summed E-state index contributed by atoms with van der Waals surface area (Å²) < 4.78 is 13.1. The summed E-state index contributed by atoms with van der Waals surface area (Å²) in [5.41, 5.74) is 2.33. The maximum Gasteiger partial charge on any atom is 0.244 e. The summed E-state index contributed by atoms with van der Waals surface area (Å²) in [5.74, 6) is -0.974. The third kappa shape index (κ3) is 5.06. The Morgan fingerprint density at radius 3 is 2.22 bits per heavy atom. The summed E-state index contributed by atoms with van der Waals surface area (Å²) in [6.07, 6.45) is 3.71. The molecule has 0 saturated carbocycles. The highest BCUT2D eigenvalue weighted by molar-refractivity contribution is 6.01. The van der Waals surface area contributed by atoms with Crippen molar-refractivity contribution in [2.45, 2.75) is 26.2 Å². The Morgan fingerprint density at radius 2 is 1.63 bits per heavy atom. The molecule has 1 saturated heterocycles. The first-order valence-corrected chi connectivity index (χ1v) is 9.21. The zero-order chi connectivity index (χ0) is 19.2. The smallest absolute Gasteiger partial charge is 0.244 e. The highest BCUT2D eigenvalue weighted by atomic mass is 19.1. The average Bonchev–Trinajstić information content (AvgIpc) is 2.68. The topological polar surface area (TPSA) is 52.7 Å². The average molecular weight is 369 g/mol. The molecule has 2 aromatic carbocycles. The molecule has 3 rings (SSSR count). The van der Waals surface area contributed by atoms with E-state index in [0.717, 1.165) is 18.8 Å². The number of carbonyl (C=O) groups is 2. The van der Waals surface area contributed by atoms with Gasteiger partial charge in [-0.15, -0.1) is 0 Å². The molecule has 1 fully saturated rings. The minimum atomic E-state index is -0.388. The second-order valence-corrected chi connectivity index (χ2v) is 6.72. The number of benzene rings is 2. The Morgan fingerprint density at radius 1 is 1.00 bits per heavy atom. The summed E-state index contributed by atoms with van der Waals surface area (Å²) in [5, 5.41) is 2.81. The number of hydrogen-bond donors (Lipinski definition) is 1. The second-order valence-electron chi connectivity index (χ2n) is 6.72. The number of nitrogens with zero attached hydrogens (tertiary/aromatic N) is 2. The van der Waals surface area contributed by atoms with Gasteiger partial charge in [0.2, 0.25) is 11.8 Å². The van der Waals surface area contributed by atoms with Gasteiger partial charge in [-0.25, -0.2) is 4.39 Å². The highest BCUT2D eigenvalue weighted by Gasteiger charge is 2.16. The van der Waals surface area contributed by atoms with Crippen LogP contribution in [0.2, 0.25) is 0 Å². The Labute approximate surface area is 158 Å². The molecule has 1 aliphatic rings. The van der Waals surface area contributed by atoms with Gasteiger partial charge in [-0.05, 0) is 67.8 Å². The molecule has 2 amide bonds. The van der Waals surface area contributed by atoms with E-state index in [4.69, 9.17) is 0 Å². The van der Waals surface area contributed by atoms with Crippen molar-refractivity contribution in [1.82, 2.24) is 0 Å². The Hall–Kier alpha value is -2.89. The third-order valence-electron chi connectivity index (χ3n) is 4.69. The van der Waals surface area contributed by atoms with Gasteiger partial charge in [-0.3, -0.25) is 9.59 Å². The standard InChI is InChI=1S/C21H24FN3O2/c1-16(26)25(20-9-5-17(22)6-10-20)15-21(27)23-18-7-11-19(12-8-18)24-13-3-2-4-14-24/h5-12H,2-4,13-15H2,1H3,(H,23,27). The SMILES string of the molecule is CC(=O)N(CC(=O)Nc1ccc(N2CCCCC2)cc1)c1ccc(F)cc1. The molecule has 1 heterocycles. The van der Waals surface area contributed by atoms with E-state index in [1.54, 1.807) is 0 Å². The monoisotopic (exact) mass is 369 g/mol. The lowest BCUT2D eigenvalue weighted by atomic mass is 10.1. The number of rotatable bonds is 5. The summed E-state index contributed by atoms with van der Waals surface area (Å²) >= 11 is 0. The Balaban J connectivity index is 1.61. The molecule has 5 nitrogen and oxygen atoms in total. The molecule has 0 unspecified atom stereocenters. The normalized spacial score (nSPS) is 13.9. The molecule has 1 N–H and O–H groups in total. The van der Waals surface area contributed by atoms with Crippen LogP contribution in [-0.2, 0) is 9.59 Å². The third-order valence-corrected chi connectivity index (χ3v) is 4.69. The van der Waals surface area contributed by atoms with Crippen LogP contribution < -0.4 is 15.1 Å². The van der Waals surface area contributed by atoms with Gasteiger partial charge in [0.15, 0.2) is 0 Å². The molecular formula is C21H24FN3O2. The van der Waals surface area contributed by atoms with Crippen LogP contribution in [0.5, 0.6) is 0 Å². The van der Waals surface area contributed by atoms with Crippen molar-refractivity contribution in [2.75, 3.05) is 34.8 Å². The van der Waals surface area contributed by atoms with Crippen LogP contribution in [0.1, 0.15) is 26.2 Å². The summed E-state index contributed by atoms with van der Waals surface area (Å²) in [6, 6.07) is 13.3. The lowest BCUT2D eigenvalue weighted by Gasteiger charge is -2.28. The van der Waals surface area contributed by atoms with Crippen molar-refractivity contribution in [3.05, 3.63) is 54.3 Å². The van der Waals surface area contributed by atoms with Gasteiger partial charge in [0.05, 0.1) is 0 Å². The quantitative estimate of drug-likeness (QED) is 0.872. The number of carbonyl (C=O) groups excluding carboxylic acids is 2. The summed E-state index contributed by atoms with van der Waals surface area (Å²) in [4.78, 5) is 27.9. The van der Waals surface area contributed by atoms with Crippen LogP contribution in [0.15, 0.2) is 48.5 Å². The van der Waals surface area contributed by atoms with Crippen molar-refractivity contribution in [3.8, 4) is 0 Å². The fourth-order valence-electron chi connectivity index (χ4n) is 3.26. The van der Waals surface area contributed by atoms with Crippen LogP contribution >= 0.6 is 0 Å². The lowest BCUT2D eigenvalue weighted by molar-refractivity contribution is -0.120. The van der Waals surface area contributed by atoms with Crippen molar-refractivity contribution in [1.29, 1.82) is 0 Å². The van der Waals surface area contributed by atoms with Crippen LogP contribution in [0.25, 0.3) is 0 Å². The van der Waals surface area contributed by atoms with Gasteiger partial charge < -0.3 is 15.1 Å². The largest absolute Gasteiger partial charge is 0.372 e. The predicted molar refractivity (Wildman–Crippen MR) is 106 cm³/mol. The van der Waals surface area contributed by atoms with Crippen molar-refractivity contribution in [3.63, 3.8) is 0 Å². The number of amides is 2. The molecule has 142 valence electrons. The molecule has 27 heavy (non-hydrogen) atoms. The molecule has 2 aromatic rings. The minimum absolute atomic E-state index is 0.130. The molecule has 0 radical (unpaired) electrons. The second kappa shape index (κ2) is 8.66. The first-order chi connectivity index (χ1) is 13.0. The van der Waals surface area contributed by atoms with Gasteiger partial charge in [-0.1, -0.05) is 0 Å². The molecule has 0 spiro atoms. The van der Waals surface area contributed by atoms with Crippen LogP contribution in [0, 0.1) is 5.82 Å². The Kier molecular flexibility index (Phi) is 6.06.